The second-order valence-corrected chi connectivity index (χ2v) is 5.30. The van der Waals surface area contributed by atoms with Gasteiger partial charge < -0.3 is 0 Å². The Labute approximate surface area is 100 Å². The van der Waals surface area contributed by atoms with Gasteiger partial charge >= 0.3 is 0 Å². The van der Waals surface area contributed by atoms with Crippen molar-refractivity contribution >= 4 is 15.9 Å². The molecule has 1 rings (SSSR count). The molecule has 0 aromatic heterocycles. The first-order chi connectivity index (χ1) is 6.97. The molecular formula is C13H16BrN. The van der Waals surface area contributed by atoms with Crippen molar-refractivity contribution in [2.75, 3.05) is 0 Å². The molecule has 2 heteroatoms. The zero-order chi connectivity index (χ0) is 11.6. The molecule has 0 aliphatic heterocycles. The molecule has 0 spiro atoms. The van der Waals surface area contributed by atoms with E-state index in [9.17, 15) is 5.26 Å². The number of hydrogen-bond acceptors (Lipinski definition) is 1. The van der Waals surface area contributed by atoms with Crippen molar-refractivity contribution < 1.29 is 0 Å². The van der Waals surface area contributed by atoms with Gasteiger partial charge in [-0.1, -0.05) is 43.6 Å². The summed E-state index contributed by atoms with van der Waals surface area (Å²) in [6, 6.07) is 6.43. The molecule has 80 valence electrons. The van der Waals surface area contributed by atoms with Crippen LogP contribution in [0.25, 0.3) is 0 Å². The van der Waals surface area contributed by atoms with Crippen molar-refractivity contribution in [3.05, 3.63) is 33.3 Å². The largest absolute Gasteiger partial charge is 0.192 e. The maximum Gasteiger partial charge on any atom is 0.0997 e. The Bertz CT molecular complexity index is 370. The van der Waals surface area contributed by atoms with Gasteiger partial charge in [0, 0.05) is 4.47 Å². The lowest BCUT2D eigenvalue weighted by molar-refractivity contribution is 0.825. The molecule has 0 fully saturated rings. The summed E-state index contributed by atoms with van der Waals surface area (Å²) in [4.78, 5) is 0. The molecule has 0 aliphatic carbocycles. The van der Waals surface area contributed by atoms with Gasteiger partial charge in [-0.25, -0.2) is 0 Å². The first-order valence-corrected chi connectivity index (χ1v) is 6.00. The minimum atomic E-state index is 0.384. The average Bonchev–Trinajstić information content (AvgIpc) is 2.16. The van der Waals surface area contributed by atoms with Crippen LogP contribution in [-0.4, -0.2) is 0 Å². The minimum Gasteiger partial charge on any atom is -0.192 e. The summed E-state index contributed by atoms with van der Waals surface area (Å²) in [5.74, 6) is 0.768. The van der Waals surface area contributed by atoms with Crippen LogP contribution in [0.5, 0.6) is 0 Å². The average molecular weight is 266 g/mol. The van der Waals surface area contributed by atoms with Crippen molar-refractivity contribution in [3.8, 4) is 6.07 Å². The Morgan fingerprint density at radius 3 is 1.73 bits per heavy atom. The second kappa shape index (κ2) is 4.81. The van der Waals surface area contributed by atoms with Crippen LogP contribution in [0.3, 0.4) is 0 Å². The predicted molar refractivity (Wildman–Crippen MR) is 67.0 cm³/mol. The van der Waals surface area contributed by atoms with Crippen LogP contribution in [0.2, 0.25) is 0 Å². The molecule has 0 radical (unpaired) electrons. The topological polar surface area (TPSA) is 23.8 Å². The van der Waals surface area contributed by atoms with Gasteiger partial charge in [-0.3, -0.25) is 0 Å². The third-order valence-electron chi connectivity index (χ3n) is 2.52. The monoisotopic (exact) mass is 265 g/mol. The van der Waals surface area contributed by atoms with Gasteiger partial charge in [0.05, 0.1) is 11.6 Å². The van der Waals surface area contributed by atoms with E-state index in [0.717, 1.165) is 21.2 Å². The Morgan fingerprint density at radius 2 is 1.47 bits per heavy atom. The number of halogens is 1. The van der Waals surface area contributed by atoms with E-state index in [1.54, 1.807) is 0 Å². The van der Waals surface area contributed by atoms with Crippen LogP contribution in [0.4, 0.5) is 0 Å². The summed E-state index contributed by atoms with van der Waals surface area (Å²) in [6.45, 7) is 8.47. The van der Waals surface area contributed by atoms with Crippen LogP contribution in [0.15, 0.2) is 16.6 Å². The molecule has 1 nitrogen and oxygen atoms in total. The molecule has 0 aliphatic rings. The molecule has 15 heavy (non-hydrogen) atoms. The van der Waals surface area contributed by atoms with Crippen LogP contribution >= 0.6 is 15.9 Å². The lowest BCUT2D eigenvalue weighted by atomic mass is 9.89. The molecule has 0 heterocycles. The molecular weight excluding hydrogens is 250 g/mol. The molecule has 0 saturated heterocycles. The molecule has 0 bridgehead atoms. The maximum atomic E-state index is 9.22. The summed E-state index contributed by atoms with van der Waals surface area (Å²) in [7, 11) is 0. The highest BCUT2D eigenvalue weighted by Gasteiger charge is 2.14. The summed E-state index contributed by atoms with van der Waals surface area (Å²) in [6.07, 6.45) is 0. The first kappa shape index (κ1) is 12.3. The normalized spacial score (nSPS) is 10.8. The van der Waals surface area contributed by atoms with E-state index in [1.165, 1.54) is 0 Å². The first-order valence-electron chi connectivity index (χ1n) is 5.20. The summed E-state index contributed by atoms with van der Waals surface area (Å²) in [5.41, 5.74) is 3.12. The molecule has 0 saturated carbocycles. The van der Waals surface area contributed by atoms with Crippen molar-refractivity contribution in [2.24, 2.45) is 0 Å². The highest BCUT2D eigenvalue weighted by molar-refractivity contribution is 9.10. The van der Waals surface area contributed by atoms with Crippen LogP contribution in [-0.2, 0) is 0 Å². The van der Waals surface area contributed by atoms with Gasteiger partial charge in [0.1, 0.15) is 0 Å². The summed E-state index contributed by atoms with van der Waals surface area (Å²) in [5, 5.41) is 9.22. The van der Waals surface area contributed by atoms with Gasteiger partial charge in [-0.05, 0) is 35.1 Å². The fourth-order valence-electron chi connectivity index (χ4n) is 1.69. The van der Waals surface area contributed by atoms with E-state index in [-0.39, 0.29) is 0 Å². The fraction of sp³-hybridized carbons (Fsp3) is 0.462. The molecule has 0 atom stereocenters. The highest BCUT2D eigenvalue weighted by Crippen LogP contribution is 2.30. The van der Waals surface area contributed by atoms with Crippen molar-refractivity contribution in [3.63, 3.8) is 0 Å². The third kappa shape index (κ3) is 2.60. The van der Waals surface area contributed by atoms with Crippen LogP contribution in [0, 0.1) is 11.3 Å². The molecule has 0 unspecified atom stereocenters. The van der Waals surface area contributed by atoms with E-state index in [2.05, 4.69) is 61.8 Å². The van der Waals surface area contributed by atoms with Gasteiger partial charge in [-0.2, -0.15) is 5.26 Å². The van der Waals surface area contributed by atoms with E-state index in [0.29, 0.717) is 11.8 Å². The number of benzene rings is 1. The van der Waals surface area contributed by atoms with Gasteiger partial charge in [-0.15, -0.1) is 0 Å². The van der Waals surface area contributed by atoms with E-state index < -0.39 is 0 Å². The van der Waals surface area contributed by atoms with E-state index in [1.807, 2.05) is 0 Å². The molecule has 1 aromatic rings. The minimum absolute atomic E-state index is 0.384. The van der Waals surface area contributed by atoms with Gasteiger partial charge in [0.25, 0.3) is 0 Å². The Morgan fingerprint density at radius 1 is 1.07 bits per heavy atom. The highest BCUT2D eigenvalue weighted by atomic mass is 79.9. The molecule has 1 aromatic carbocycles. The van der Waals surface area contributed by atoms with Gasteiger partial charge in [0.15, 0.2) is 0 Å². The van der Waals surface area contributed by atoms with Crippen molar-refractivity contribution in [1.82, 2.24) is 0 Å². The second-order valence-electron chi connectivity index (χ2n) is 4.38. The standard InChI is InChI=1S/C13H16BrN/c1-8(2)11-5-10(14)6-12(9(3)4)13(11)7-15/h5-6,8-9H,1-4H3. The molecule has 0 amide bonds. The summed E-state index contributed by atoms with van der Waals surface area (Å²) >= 11 is 3.50. The predicted octanol–water partition coefficient (Wildman–Crippen LogP) is 4.57. The number of nitrogens with zero attached hydrogens (tertiary/aromatic N) is 1. The smallest absolute Gasteiger partial charge is 0.0997 e. The van der Waals surface area contributed by atoms with Gasteiger partial charge in [0.2, 0.25) is 0 Å². The Kier molecular flexibility index (Phi) is 3.93. The van der Waals surface area contributed by atoms with Crippen molar-refractivity contribution in [1.29, 1.82) is 5.26 Å². The quantitative estimate of drug-likeness (QED) is 0.769. The van der Waals surface area contributed by atoms with Crippen LogP contribution < -0.4 is 0 Å². The van der Waals surface area contributed by atoms with Crippen LogP contribution in [0.1, 0.15) is 56.2 Å². The molecule has 0 N–H and O–H groups in total. The lowest BCUT2D eigenvalue weighted by Crippen LogP contribution is -2.00. The Hall–Kier alpha value is -0.810. The van der Waals surface area contributed by atoms with E-state index in [4.69, 9.17) is 0 Å². The zero-order valence-electron chi connectivity index (χ0n) is 9.63. The number of hydrogen-bond donors (Lipinski definition) is 0. The Balaban J connectivity index is 3.47. The van der Waals surface area contributed by atoms with Crippen molar-refractivity contribution in [2.45, 2.75) is 39.5 Å². The number of nitriles is 1. The summed E-state index contributed by atoms with van der Waals surface area (Å²) < 4.78 is 1.06. The zero-order valence-corrected chi connectivity index (χ0v) is 11.2. The SMILES string of the molecule is CC(C)c1cc(Br)cc(C(C)C)c1C#N. The number of rotatable bonds is 2. The lowest BCUT2D eigenvalue weighted by Gasteiger charge is -2.15. The van der Waals surface area contributed by atoms with E-state index >= 15 is 0 Å². The third-order valence-corrected chi connectivity index (χ3v) is 2.98. The fourth-order valence-corrected chi connectivity index (χ4v) is 2.18. The maximum absolute atomic E-state index is 9.22.